The summed E-state index contributed by atoms with van der Waals surface area (Å²) in [6, 6.07) is 13.0. The summed E-state index contributed by atoms with van der Waals surface area (Å²) in [5, 5.41) is 0. The number of likely N-dealkylation sites (tertiary alicyclic amines) is 1. The average molecular weight is 401 g/mol. The molecule has 1 N–H and O–H groups in total. The highest BCUT2D eigenvalue weighted by Crippen LogP contribution is 2.26. The molecule has 0 aliphatic carbocycles. The SMILES string of the molecule is CN(C1CCN(Cc2ccccc2)C1=O)S(=O)(=O)c1ccc2[nH]c(=O)oc2c1. The first-order valence-electron chi connectivity index (χ1n) is 8.80. The molecule has 0 saturated carbocycles. The number of hydrogen-bond donors (Lipinski definition) is 1. The van der Waals surface area contributed by atoms with Crippen molar-refractivity contribution in [3.05, 3.63) is 64.6 Å². The molecule has 3 aromatic rings. The van der Waals surface area contributed by atoms with Crippen LogP contribution in [0.1, 0.15) is 12.0 Å². The third kappa shape index (κ3) is 3.23. The van der Waals surface area contributed by atoms with Crippen molar-refractivity contribution in [3.63, 3.8) is 0 Å². The molecule has 9 heteroatoms. The Morgan fingerprint density at radius 3 is 2.68 bits per heavy atom. The normalized spacial score (nSPS) is 17.7. The Balaban J connectivity index is 1.56. The molecule has 1 saturated heterocycles. The van der Waals surface area contributed by atoms with Gasteiger partial charge in [0.15, 0.2) is 5.58 Å². The number of amides is 1. The number of likely N-dealkylation sites (N-methyl/N-ethyl adjacent to an activating group) is 1. The molecule has 4 rings (SSSR count). The van der Waals surface area contributed by atoms with Gasteiger partial charge in [-0.25, -0.2) is 13.2 Å². The van der Waals surface area contributed by atoms with Crippen LogP contribution in [0.2, 0.25) is 0 Å². The lowest BCUT2D eigenvalue weighted by atomic mass is 10.2. The Bertz CT molecular complexity index is 1180. The van der Waals surface area contributed by atoms with E-state index in [0.29, 0.717) is 25.0 Å². The van der Waals surface area contributed by atoms with E-state index in [4.69, 9.17) is 4.42 Å². The number of aromatic amines is 1. The van der Waals surface area contributed by atoms with E-state index in [-0.39, 0.29) is 16.4 Å². The maximum atomic E-state index is 13.0. The summed E-state index contributed by atoms with van der Waals surface area (Å²) in [6.07, 6.45) is 0.420. The second-order valence-electron chi connectivity index (χ2n) is 6.74. The largest absolute Gasteiger partial charge is 0.417 e. The second kappa shape index (κ2) is 6.92. The molecule has 2 aromatic carbocycles. The smallest absolute Gasteiger partial charge is 0.408 e. The summed E-state index contributed by atoms with van der Waals surface area (Å²) < 4.78 is 32.1. The summed E-state index contributed by atoms with van der Waals surface area (Å²) in [6.45, 7) is 0.939. The maximum absolute atomic E-state index is 13.0. The van der Waals surface area contributed by atoms with Crippen LogP contribution in [-0.2, 0) is 21.4 Å². The molecule has 1 fully saturated rings. The fourth-order valence-electron chi connectivity index (χ4n) is 3.44. The van der Waals surface area contributed by atoms with Gasteiger partial charge < -0.3 is 9.32 Å². The van der Waals surface area contributed by atoms with E-state index in [2.05, 4.69) is 4.98 Å². The highest BCUT2D eigenvalue weighted by atomic mass is 32.2. The molecule has 1 amide bonds. The standard InChI is InChI=1S/C19H19N3O5S/c1-21(16-9-10-22(18(16)23)12-13-5-3-2-4-6-13)28(25,26)14-7-8-15-17(11-14)27-19(24)20-15/h2-8,11,16H,9-10,12H2,1H3,(H,20,24). The van der Waals surface area contributed by atoms with Crippen molar-refractivity contribution in [2.45, 2.75) is 23.9 Å². The number of carbonyl (C=O) groups is 1. The number of benzene rings is 2. The molecule has 1 aliphatic heterocycles. The van der Waals surface area contributed by atoms with Crippen LogP contribution in [0, 0.1) is 0 Å². The van der Waals surface area contributed by atoms with Gasteiger partial charge in [-0.2, -0.15) is 4.31 Å². The summed E-state index contributed by atoms with van der Waals surface area (Å²) in [4.78, 5) is 28.2. The Kier molecular flexibility index (Phi) is 4.56. The molecule has 2 heterocycles. The van der Waals surface area contributed by atoms with Crippen LogP contribution in [0.4, 0.5) is 0 Å². The molecule has 0 radical (unpaired) electrons. The average Bonchev–Trinajstić information content (AvgIpc) is 3.23. The van der Waals surface area contributed by atoms with E-state index in [1.165, 1.54) is 25.2 Å². The molecule has 0 spiro atoms. The molecule has 1 aromatic heterocycles. The Labute approximate surface area is 161 Å². The number of hydrogen-bond acceptors (Lipinski definition) is 5. The molecule has 0 bridgehead atoms. The number of H-pyrrole nitrogens is 1. The van der Waals surface area contributed by atoms with Crippen LogP contribution < -0.4 is 5.76 Å². The monoisotopic (exact) mass is 401 g/mol. The van der Waals surface area contributed by atoms with Crippen LogP contribution in [0.3, 0.4) is 0 Å². The minimum Gasteiger partial charge on any atom is -0.408 e. The Morgan fingerprint density at radius 1 is 1.18 bits per heavy atom. The summed E-state index contributed by atoms with van der Waals surface area (Å²) in [5.74, 6) is -0.871. The van der Waals surface area contributed by atoms with Gasteiger partial charge >= 0.3 is 5.76 Å². The van der Waals surface area contributed by atoms with Crippen LogP contribution in [0.5, 0.6) is 0 Å². The molecule has 1 atom stereocenters. The van der Waals surface area contributed by atoms with Gasteiger partial charge in [-0.3, -0.25) is 9.78 Å². The zero-order chi connectivity index (χ0) is 19.9. The van der Waals surface area contributed by atoms with Crippen molar-refractivity contribution >= 4 is 27.0 Å². The number of aromatic nitrogens is 1. The number of sulfonamides is 1. The zero-order valence-electron chi connectivity index (χ0n) is 15.2. The molecular formula is C19H19N3O5S. The predicted molar refractivity (Wildman–Crippen MR) is 102 cm³/mol. The van der Waals surface area contributed by atoms with E-state index < -0.39 is 21.8 Å². The van der Waals surface area contributed by atoms with Gasteiger partial charge in [0.25, 0.3) is 0 Å². The molecule has 146 valence electrons. The van der Waals surface area contributed by atoms with E-state index in [1.54, 1.807) is 4.90 Å². The quantitative estimate of drug-likeness (QED) is 0.698. The maximum Gasteiger partial charge on any atom is 0.417 e. The molecule has 8 nitrogen and oxygen atoms in total. The zero-order valence-corrected chi connectivity index (χ0v) is 16.0. The lowest BCUT2D eigenvalue weighted by molar-refractivity contribution is -0.131. The third-order valence-corrected chi connectivity index (χ3v) is 6.86. The van der Waals surface area contributed by atoms with E-state index in [1.807, 2.05) is 30.3 Å². The summed E-state index contributed by atoms with van der Waals surface area (Å²) >= 11 is 0. The van der Waals surface area contributed by atoms with Crippen molar-refractivity contribution in [1.29, 1.82) is 0 Å². The molecule has 1 aliphatic rings. The highest BCUT2D eigenvalue weighted by molar-refractivity contribution is 7.89. The van der Waals surface area contributed by atoms with Gasteiger partial charge in [-0.15, -0.1) is 0 Å². The first-order chi connectivity index (χ1) is 13.4. The number of fused-ring (bicyclic) bond motifs is 1. The van der Waals surface area contributed by atoms with Gasteiger partial charge in [0, 0.05) is 26.2 Å². The van der Waals surface area contributed by atoms with Gasteiger partial charge in [0.1, 0.15) is 6.04 Å². The van der Waals surface area contributed by atoms with Crippen molar-refractivity contribution in [2.75, 3.05) is 13.6 Å². The van der Waals surface area contributed by atoms with Gasteiger partial charge in [-0.05, 0) is 24.1 Å². The number of oxazole rings is 1. The number of carbonyl (C=O) groups excluding carboxylic acids is 1. The van der Waals surface area contributed by atoms with Crippen LogP contribution in [0.15, 0.2) is 62.6 Å². The van der Waals surface area contributed by atoms with Crippen LogP contribution in [0.25, 0.3) is 11.1 Å². The van der Waals surface area contributed by atoms with Crippen molar-refractivity contribution < 1.29 is 17.6 Å². The molecule has 28 heavy (non-hydrogen) atoms. The Morgan fingerprint density at radius 2 is 1.93 bits per heavy atom. The first-order valence-corrected chi connectivity index (χ1v) is 10.2. The number of nitrogens with zero attached hydrogens (tertiary/aromatic N) is 2. The van der Waals surface area contributed by atoms with Crippen molar-refractivity contribution in [3.8, 4) is 0 Å². The lowest BCUT2D eigenvalue weighted by Gasteiger charge is -2.23. The predicted octanol–water partition coefficient (Wildman–Crippen LogP) is 1.54. The van der Waals surface area contributed by atoms with Crippen LogP contribution in [-0.4, -0.2) is 48.1 Å². The fraction of sp³-hybridized carbons (Fsp3) is 0.263. The minimum absolute atomic E-state index is 0.0282. The van der Waals surface area contributed by atoms with E-state index >= 15 is 0 Å². The van der Waals surface area contributed by atoms with E-state index in [0.717, 1.165) is 9.87 Å². The topological polar surface area (TPSA) is 104 Å². The highest BCUT2D eigenvalue weighted by Gasteiger charge is 2.39. The molecule has 1 unspecified atom stereocenters. The van der Waals surface area contributed by atoms with E-state index in [9.17, 15) is 18.0 Å². The van der Waals surface area contributed by atoms with Gasteiger partial charge in [0.2, 0.25) is 15.9 Å². The minimum atomic E-state index is -3.92. The number of nitrogens with one attached hydrogen (secondary N) is 1. The van der Waals surface area contributed by atoms with Gasteiger partial charge in [-0.1, -0.05) is 30.3 Å². The lowest BCUT2D eigenvalue weighted by Crippen LogP contribution is -2.42. The van der Waals surface area contributed by atoms with Crippen molar-refractivity contribution in [1.82, 2.24) is 14.2 Å². The summed E-state index contributed by atoms with van der Waals surface area (Å²) in [5.41, 5.74) is 1.57. The number of rotatable bonds is 5. The second-order valence-corrected chi connectivity index (χ2v) is 8.74. The first kappa shape index (κ1) is 18.5. The third-order valence-electron chi connectivity index (χ3n) is 4.99. The Hall–Kier alpha value is -2.91. The van der Waals surface area contributed by atoms with Gasteiger partial charge in [0.05, 0.1) is 10.4 Å². The van der Waals surface area contributed by atoms with Crippen LogP contribution >= 0.6 is 0 Å². The summed E-state index contributed by atoms with van der Waals surface area (Å²) in [7, 11) is -2.52. The van der Waals surface area contributed by atoms with Crippen molar-refractivity contribution in [2.24, 2.45) is 0 Å². The fourth-order valence-corrected chi connectivity index (χ4v) is 4.80. The molecular weight excluding hydrogens is 382 g/mol.